The zero-order chi connectivity index (χ0) is 22.2. The SMILES string of the molecule is COC(CCl)=N/C=C\CCC1CCc2c(C3=CCC(F)C=C3)cc(CC(N)=O)nc2C1. The Kier molecular flexibility index (Phi) is 8.41. The van der Waals surface area contributed by atoms with Crippen LogP contribution < -0.4 is 5.73 Å². The van der Waals surface area contributed by atoms with Gasteiger partial charge in [-0.2, -0.15) is 0 Å². The van der Waals surface area contributed by atoms with Crippen LogP contribution in [-0.2, 0) is 28.8 Å². The molecule has 0 bridgehead atoms. The summed E-state index contributed by atoms with van der Waals surface area (Å²) in [6.45, 7) is 0. The van der Waals surface area contributed by atoms with Crippen LogP contribution in [0.1, 0.15) is 48.2 Å². The molecule has 2 N–H and O–H groups in total. The number of fused-ring (bicyclic) bond motifs is 1. The summed E-state index contributed by atoms with van der Waals surface area (Å²) in [5.74, 6) is 0.847. The molecule has 1 aromatic rings. The summed E-state index contributed by atoms with van der Waals surface area (Å²) in [5.41, 5.74) is 10.4. The zero-order valence-corrected chi connectivity index (χ0v) is 18.6. The van der Waals surface area contributed by atoms with E-state index in [1.165, 1.54) is 5.56 Å². The number of nitrogens with zero attached hydrogens (tertiary/aromatic N) is 2. The average molecular weight is 446 g/mol. The summed E-state index contributed by atoms with van der Waals surface area (Å²) in [5, 5.41) is 0. The number of amides is 1. The largest absolute Gasteiger partial charge is 0.483 e. The molecule has 0 fully saturated rings. The predicted octanol–water partition coefficient (Wildman–Crippen LogP) is 4.47. The van der Waals surface area contributed by atoms with Crippen molar-refractivity contribution in [3.8, 4) is 0 Å². The van der Waals surface area contributed by atoms with Crippen molar-refractivity contribution in [2.75, 3.05) is 13.0 Å². The van der Waals surface area contributed by atoms with E-state index < -0.39 is 12.1 Å². The zero-order valence-electron chi connectivity index (χ0n) is 17.8. The number of pyridine rings is 1. The van der Waals surface area contributed by atoms with E-state index in [1.807, 2.05) is 24.3 Å². The molecule has 3 rings (SSSR count). The Morgan fingerprint density at radius 2 is 2.32 bits per heavy atom. The lowest BCUT2D eigenvalue weighted by molar-refractivity contribution is -0.117. The van der Waals surface area contributed by atoms with Crippen LogP contribution in [0.15, 0.2) is 41.6 Å². The second kappa shape index (κ2) is 11.2. The number of ether oxygens (including phenoxy) is 1. The van der Waals surface area contributed by atoms with Crippen LogP contribution in [-0.4, -0.2) is 36.0 Å². The van der Waals surface area contributed by atoms with Gasteiger partial charge in [0.1, 0.15) is 6.17 Å². The molecule has 2 atom stereocenters. The molecule has 31 heavy (non-hydrogen) atoms. The fourth-order valence-corrected chi connectivity index (χ4v) is 4.28. The van der Waals surface area contributed by atoms with Gasteiger partial charge < -0.3 is 10.5 Å². The van der Waals surface area contributed by atoms with E-state index in [2.05, 4.69) is 4.99 Å². The number of allylic oxidation sites excluding steroid dienone is 5. The smallest absolute Gasteiger partial charge is 0.223 e. The molecule has 0 saturated carbocycles. The molecule has 0 aliphatic heterocycles. The predicted molar refractivity (Wildman–Crippen MR) is 123 cm³/mol. The van der Waals surface area contributed by atoms with E-state index in [0.29, 0.717) is 23.9 Å². The highest BCUT2D eigenvalue weighted by Crippen LogP contribution is 2.34. The van der Waals surface area contributed by atoms with Gasteiger partial charge in [-0.15, -0.1) is 11.6 Å². The molecule has 7 heteroatoms. The number of hydrogen-bond donors (Lipinski definition) is 1. The Morgan fingerprint density at radius 1 is 1.48 bits per heavy atom. The fourth-order valence-electron chi connectivity index (χ4n) is 4.11. The number of methoxy groups -OCH3 is 1. The number of rotatable bonds is 8. The van der Waals surface area contributed by atoms with E-state index in [1.54, 1.807) is 19.4 Å². The quantitative estimate of drug-likeness (QED) is 0.364. The number of primary amides is 1. The molecule has 2 aliphatic rings. The lowest BCUT2D eigenvalue weighted by atomic mass is 9.80. The van der Waals surface area contributed by atoms with Crippen LogP contribution in [0, 0.1) is 5.92 Å². The van der Waals surface area contributed by atoms with Crippen molar-refractivity contribution in [3.05, 3.63) is 59.1 Å². The third-order valence-corrected chi connectivity index (χ3v) is 5.91. The molecule has 0 aromatic carbocycles. The van der Waals surface area contributed by atoms with Crippen LogP contribution in [0.3, 0.4) is 0 Å². The van der Waals surface area contributed by atoms with E-state index >= 15 is 0 Å². The molecule has 0 spiro atoms. The third-order valence-electron chi connectivity index (χ3n) is 5.68. The molecule has 2 unspecified atom stereocenters. The van der Waals surface area contributed by atoms with Gasteiger partial charge in [0.15, 0.2) is 0 Å². The first-order valence-corrected chi connectivity index (χ1v) is 11.2. The van der Waals surface area contributed by atoms with Crippen molar-refractivity contribution in [3.63, 3.8) is 0 Å². The van der Waals surface area contributed by atoms with Gasteiger partial charge in [0, 0.05) is 18.3 Å². The number of hydrogen-bond acceptors (Lipinski definition) is 4. The van der Waals surface area contributed by atoms with Gasteiger partial charge in [-0.05, 0) is 66.9 Å². The summed E-state index contributed by atoms with van der Waals surface area (Å²) in [7, 11) is 1.55. The summed E-state index contributed by atoms with van der Waals surface area (Å²) < 4.78 is 18.6. The first kappa shape index (κ1) is 23.2. The Morgan fingerprint density at radius 3 is 3.00 bits per heavy atom. The normalized spacial score (nSPS) is 21.1. The number of carbonyl (C=O) groups is 1. The van der Waals surface area contributed by atoms with Gasteiger partial charge in [0.2, 0.25) is 11.8 Å². The number of aliphatic imine (C=N–C) groups is 1. The lowest BCUT2D eigenvalue weighted by Crippen LogP contribution is -2.21. The number of carbonyl (C=O) groups excluding carboxylic acids is 1. The second-order valence-electron chi connectivity index (χ2n) is 7.93. The molecule has 1 heterocycles. The standard InChI is InChI=1S/C24H29ClFN3O2/c1-31-24(15-25)28-11-3-2-4-16-5-10-20-21(17-6-8-18(26)9-7-17)13-19(14-23(27)30)29-22(20)12-16/h3,6-8,11,13,16,18H,2,4-5,9-10,12,14-15H2,1H3,(H2,27,30)/b11-3-,28-24?. The number of nitrogens with two attached hydrogens (primary N) is 1. The number of halogens is 2. The summed E-state index contributed by atoms with van der Waals surface area (Å²) in [4.78, 5) is 20.4. The maximum Gasteiger partial charge on any atom is 0.223 e. The fraction of sp³-hybridized carbons (Fsp3) is 0.458. The highest BCUT2D eigenvalue weighted by molar-refractivity contribution is 6.27. The molecule has 1 amide bonds. The molecule has 2 aliphatic carbocycles. The Hall–Kier alpha value is -2.47. The van der Waals surface area contributed by atoms with Gasteiger partial charge in [0.25, 0.3) is 0 Å². The van der Waals surface area contributed by atoms with Gasteiger partial charge in [-0.1, -0.05) is 18.2 Å². The van der Waals surface area contributed by atoms with Crippen molar-refractivity contribution in [2.45, 2.75) is 51.1 Å². The molecular formula is C24H29ClFN3O2. The first-order chi connectivity index (χ1) is 15.0. The third kappa shape index (κ3) is 6.50. The second-order valence-corrected chi connectivity index (χ2v) is 8.20. The summed E-state index contributed by atoms with van der Waals surface area (Å²) in [6, 6.07) is 1.95. The van der Waals surface area contributed by atoms with E-state index in [9.17, 15) is 9.18 Å². The van der Waals surface area contributed by atoms with Gasteiger partial charge in [0.05, 0.1) is 25.1 Å². The Labute approximate surface area is 187 Å². The first-order valence-electron chi connectivity index (χ1n) is 10.6. The number of alkyl halides is 2. The number of aromatic nitrogens is 1. The molecule has 166 valence electrons. The maximum absolute atomic E-state index is 13.5. The van der Waals surface area contributed by atoms with Gasteiger partial charge >= 0.3 is 0 Å². The molecule has 1 aromatic heterocycles. The van der Waals surface area contributed by atoms with Gasteiger partial charge in [-0.3, -0.25) is 9.78 Å². The van der Waals surface area contributed by atoms with Crippen molar-refractivity contribution in [1.29, 1.82) is 0 Å². The Balaban J connectivity index is 1.74. The van der Waals surface area contributed by atoms with Gasteiger partial charge in [-0.25, -0.2) is 9.38 Å². The topological polar surface area (TPSA) is 77.6 Å². The minimum atomic E-state index is -0.933. The highest BCUT2D eigenvalue weighted by atomic mass is 35.5. The lowest BCUT2D eigenvalue weighted by Gasteiger charge is -2.27. The van der Waals surface area contributed by atoms with Crippen molar-refractivity contribution in [1.82, 2.24) is 4.98 Å². The van der Waals surface area contributed by atoms with E-state index in [0.717, 1.165) is 48.9 Å². The molecule has 0 saturated heterocycles. The van der Waals surface area contributed by atoms with Crippen LogP contribution in [0.25, 0.3) is 5.57 Å². The maximum atomic E-state index is 13.5. The minimum Gasteiger partial charge on any atom is -0.483 e. The summed E-state index contributed by atoms with van der Waals surface area (Å²) in [6.07, 6.45) is 13.5. The van der Waals surface area contributed by atoms with Crippen LogP contribution in [0.2, 0.25) is 0 Å². The van der Waals surface area contributed by atoms with Crippen LogP contribution in [0.4, 0.5) is 4.39 Å². The average Bonchev–Trinajstić information content (AvgIpc) is 2.75. The minimum absolute atomic E-state index is 0.108. The molecule has 5 nitrogen and oxygen atoms in total. The van der Waals surface area contributed by atoms with E-state index in [4.69, 9.17) is 27.1 Å². The van der Waals surface area contributed by atoms with Crippen LogP contribution in [0.5, 0.6) is 0 Å². The molecule has 0 radical (unpaired) electrons. The van der Waals surface area contributed by atoms with E-state index in [-0.39, 0.29) is 12.3 Å². The monoisotopic (exact) mass is 445 g/mol. The van der Waals surface area contributed by atoms with Crippen LogP contribution >= 0.6 is 11.6 Å². The summed E-state index contributed by atoms with van der Waals surface area (Å²) >= 11 is 5.72. The van der Waals surface area contributed by atoms with Crippen molar-refractivity contribution in [2.24, 2.45) is 16.6 Å². The van der Waals surface area contributed by atoms with Crippen molar-refractivity contribution < 1.29 is 13.9 Å². The van der Waals surface area contributed by atoms with Crippen molar-refractivity contribution >= 4 is 29.0 Å². The molecular weight excluding hydrogens is 417 g/mol. The Bertz CT molecular complexity index is 918. The highest BCUT2D eigenvalue weighted by Gasteiger charge is 2.24.